The number of aliphatic hydroxyl groups is 1. The van der Waals surface area contributed by atoms with Crippen molar-refractivity contribution >= 4 is 11.9 Å². The molecular weight excluding hydrogens is 202 g/mol. The summed E-state index contributed by atoms with van der Waals surface area (Å²) in [5.41, 5.74) is 0.334. The highest BCUT2D eigenvalue weighted by molar-refractivity contribution is 5.79. The van der Waals surface area contributed by atoms with Crippen LogP contribution in [-0.4, -0.2) is 45.2 Å². The van der Waals surface area contributed by atoms with E-state index in [1.807, 2.05) is 0 Å². The fourth-order valence-electron chi connectivity index (χ4n) is 1.05. The van der Waals surface area contributed by atoms with E-state index in [1.165, 1.54) is 12.5 Å². The van der Waals surface area contributed by atoms with Gasteiger partial charge in [-0.2, -0.15) is 0 Å². The second-order valence-electron chi connectivity index (χ2n) is 2.85. The first kappa shape index (κ1) is 11.2. The van der Waals surface area contributed by atoms with Gasteiger partial charge < -0.3 is 20.5 Å². The van der Waals surface area contributed by atoms with Crippen LogP contribution < -0.4 is 5.32 Å². The standard InChI is InChI=1S/C8H11N3O4/c12-3-7(13)10-1-5(8(14)15)6-2-9-4-11-6/h2,4-5,12H,1,3H2,(H,9,11)(H,10,13)(H,14,15). The fourth-order valence-corrected chi connectivity index (χ4v) is 1.05. The van der Waals surface area contributed by atoms with E-state index in [-0.39, 0.29) is 6.54 Å². The normalized spacial score (nSPS) is 12.1. The maximum absolute atomic E-state index is 10.8. The molecule has 1 atom stereocenters. The molecule has 0 bridgehead atoms. The van der Waals surface area contributed by atoms with Crippen molar-refractivity contribution in [3.8, 4) is 0 Å². The Balaban J connectivity index is 2.60. The molecule has 0 aliphatic rings. The molecule has 0 spiro atoms. The number of aliphatic hydroxyl groups excluding tert-OH is 1. The predicted molar refractivity (Wildman–Crippen MR) is 49.1 cm³/mol. The third-order valence-corrected chi connectivity index (χ3v) is 1.82. The van der Waals surface area contributed by atoms with Gasteiger partial charge in [-0.05, 0) is 0 Å². The minimum absolute atomic E-state index is 0.0976. The van der Waals surface area contributed by atoms with Crippen LogP contribution in [0.5, 0.6) is 0 Å². The van der Waals surface area contributed by atoms with E-state index in [1.54, 1.807) is 0 Å². The highest BCUT2D eigenvalue weighted by Gasteiger charge is 2.22. The molecule has 7 nitrogen and oxygen atoms in total. The fraction of sp³-hybridized carbons (Fsp3) is 0.375. The summed E-state index contributed by atoms with van der Waals surface area (Å²) in [6.07, 6.45) is 2.81. The van der Waals surface area contributed by atoms with Crippen molar-refractivity contribution in [1.82, 2.24) is 15.3 Å². The van der Waals surface area contributed by atoms with Gasteiger partial charge in [0.1, 0.15) is 12.5 Å². The first-order chi connectivity index (χ1) is 7.15. The molecule has 1 aromatic rings. The average Bonchev–Trinajstić information content (AvgIpc) is 2.70. The maximum Gasteiger partial charge on any atom is 0.314 e. The third kappa shape index (κ3) is 3.06. The number of aliphatic carboxylic acids is 1. The van der Waals surface area contributed by atoms with E-state index >= 15 is 0 Å². The third-order valence-electron chi connectivity index (χ3n) is 1.82. The molecule has 0 aliphatic carbocycles. The van der Waals surface area contributed by atoms with E-state index in [2.05, 4.69) is 15.3 Å². The Bertz CT molecular complexity index is 336. The van der Waals surface area contributed by atoms with Crippen LogP contribution in [0.15, 0.2) is 12.5 Å². The van der Waals surface area contributed by atoms with Gasteiger partial charge in [-0.1, -0.05) is 0 Å². The Labute approximate surface area is 85.1 Å². The van der Waals surface area contributed by atoms with Gasteiger partial charge in [0.15, 0.2) is 0 Å². The Morgan fingerprint density at radius 1 is 1.60 bits per heavy atom. The van der Waals surface area contributed by atoms with Crippen LogP contribution in [0.2, 0.25) is 0 Å². The zero-order chi connectivity index (χ0) is 11.3. The predicted octanol–water partition coefficient (Wildman–Crippen LogP) is -1.31. The molecule has 1 rings (SSSR count). The lowest BCUT2D eigenvalue weighted by molar-refractivity contribution is -0.138. The van der Waals surface area contributed by atoms with E-state index in [9.17, 15) is 9.59 Å². The van der Waals surface area contributed by atoms with Crippen LogP contribution in [0.1, 0.15) is 11.6 Å². The molecule has 15 heavy (non-hydrogen) atoms. The number of carboxylic acids is 1. The zero-order valence-corrected chi connectivity index (χ0v) is 7.80. The summed E-state index contributed by atoms with van der Waals surface area (Å²) in [6.45, 7) is -0.757. The quantitative estimate of drug-likeness (QED) is 0.484. The minimum atomic E-state index is -1.08. The molecule has 0 saturated heterocycles. The molecule has 0 aliphatic heterocycles. The Morgan fingerprint density at radius 2 is 2.33 bits per heavy atom. The van der Waals surface area contributed by atoms with Gasteiger partial charge in [0.25, 0.3) is 0 Å². The van der Waals surface area contributed by atoms with E-state index < -0.39 is 24.4 Å². The van der Waals surface area contributed by atoms with Crippen molar-refractivity contribution in [2.45, 2.75) is 5.92 Å². The van der Waals surface area contributed by atoms with Crippen molar-refractivity contribution in [3.05, 3.63) is 18.2 Å². The molecule has 1 amide bonds. The van der Waals surface area contributed by atoms with E-state index in [4.69, 9.17) is 10.2 Å². The molecule has 0 saturated carbocycles. The van der Waals surface area contributed by atoms with Crippen LogP contribution >= 0.6 is 0 Å². The number of hydrogen-bond donors (Lipinski definition) is 4. The highest BCUT2D eigenvalue weighted by atomic mass is 16.4. The SMILES string of the molecule is O=C(CO)NCC(C(=O)O)c1c[nH]cn1. The number of rotatable bonds is 5. The van der Waals surface area contributed by atoms with Crippen molar-refractivity contribution in [3.63, 3.8) is 0 Å². The molecule has 1 aromatic heterocycles. The maximum atomic E-state index is 10.8. The number of nitrogens with one attached hydrogen (secondary N) is 2. The van der Waals surface area contributed by atoms with Crippen LogP contribution in [-0.2, 0) is 9.59 Å². The number of nitrogens with zero attached hydrogens (tertiary/aromatic N) is 1. The summed E-state index contributed by atoms with van der Waals surface area (Å²) >= 11 is 0. The number of carbonyl (C=O) groups is 2. The molecule has 82 valence electrons. The van der Waals surface area contributed by atoms with Gasteiger partial charge in [-0.3, -0.25) is 9.59 Å². The lowest BCUT2D eigenvalue weighted by Gasteiger charge is -2.09. The summed E-state index contributed by atoms with van der Waals surface area (Å²) < 4.78 is 0. The molecule has 1 unspecified atom stereocenters. The first-order valence-electron chi connectivity index (χ1n) is 4.24. The summed E-state index contributed by atoms with van der Waals surface area (Å²) in [5, 5.41) is 19.6. The summed E-state index contributed by atoms with van der Waals surface area (Å²) in [7, 11) is 0. The summed E-state index contributed by atoms with van der Waals surface area (Å²) in [4.78, 5) is 28.0. The molecule has 0 aromatic carbocycles. The largest absolute Gasteiger partial charge is 0.481 e. The Kier molecular flexibility index (Phi) is 3.81. The number of amides is 1. The first-order valence-corrected chi connectivity index (χ1v) is 4.24. The van der Waals surface area contributed by atoms with Crippen molar-refractivity contribution in [2.24, 2.45) is 0 Å². The Hall–Kier alpha value is -1.89. The molecule has 1 heterocycles. The van der Waals surface area contributed by atoms with Crippen LogP contribution in [0.25, 0.3) is 0 Å². The topological polar surface area (TPSA) is 115 Å². The van der Waals surface area contributed by atoms with Crippen LogP contribution in [0.4, 0.5) is 0 Å². The van der Waals surface area contributed by atoms with E-state index in [0.29, 0.717) is 5.69 Å². The number of hydrogen-bond acceptors (Lipinski definition) is 4. The number of carbonyl (C=O) groups excluding carboxylic acids is 1. The summed E-state index contributed by atoms with van der Waals surface area (Å²) in [6, 6.07) is 0. The number of carboxylic acid groups (broad SMARTS) is 1. The van der Waals surface area contributed by atoms with Gasteiger partial charge in [-0.15, -0.1) is 0 Å². The highest BCUT2D eigenvalue weighted by Crippen LogP contribution is 2.10. The van der Waals surface area contributed by atoms with Crippen LogP contribution in [0, 0.1) is 0 Å². The second-order valence-corrected chi connectivity index (χ2v) is 2.85. The van der Waals surface area contributed by atoms with Gasteiger partial charge >= 0.3 is 5.97 Å². The van der Waals surface area contributed by atoms with Crippen molar-refractivity contribution in [1.29, 1.82) is 0 Å². The molecule has 0 fully saturated rings. The van der Waals surface area contributed by atoms with Crippen molar-refractivity contribution in [2.75, 3.05) is 13.2 Å². The summed E-state index contributed by atoms with van der Waals surface area (Å²) in [5.74, 6) is -2.61. The molecule has 4 N–H and O–H groups in total. The molecule has 7 heteroatoms. The lowest BCUT2D eigenvalue weighted by Crippen LogP contribution is -2.33. The smallest absolute Gasteiger partial charge is 0.314 e. The zero-order valence-electron chi connectivity index (χ0n) is 7.80. The van der Waals surface area contributed by atoms with Gasteiger partial charge in [0.05, 0.1) is 12.0 Å². The number of aromatic amines is 1. The van der Waals surface area contributed by atoms with Gasteiger partial charge in [-0.25, -0.2) is 4.98 Å². The number of imidazole rings is 1. The van der Waals surface area contributed by atoms with E-state index in [0.717, 1.165) is 0 Å². The Morgan fingerprint density at radius 3 is 2.80 bits per heavy atom. The van der Waals surface area contributed by atoms with Crippen molar-refractivity contribution < 1.29 is 19.8 Å². The minimum Gasteiger partial charge on any atom is -0.481 e. The number of aromatic nitrogens is 2. The van der Waals surface area contributed by atoms with Gasteiger partial charge in [0, 0.05) is 12.7 Å². The monoisotopic (exact) mass is 213 g/mol. The second kappa shape index (κ2) is 5.11. The molecular formula is C8H11N3O4. The van der Waals surface area contributed by atoms with Gasteiger partial charge in [0.2, 0.25) is 5.91 Å². The average molecular weight is 213 g/mol. The van der Waals surface area contributed by atoms with Crippen LogP contribution in [0.3, 0.4) is 0 Å². The lowest BCUT2D eigenvalue weighted by atomic mass is 10.1. The number of H-pyrrole nitrogens is 1. The molecule has 0 radical (unpaired) electrons.